The lowest BCUT2D eigenvalue weighted by Gasteiger charge is -2.18. The molecule has 2 aromatic carbocycles. The Morgan fingerprint density at radius 3 is 2.65 bits per heavy atom. The van der Waals surface area contributed by atoms with E-state index in [1.807, 2.05) is 43.3 Å². The SMILES string of the molecule is COCc1ccccc1NC(C)c1ccc(C)c(F)c1. The van der Waals surface area contributed by atoms with E-state index in [0.717, 1.165) is 16.8 Å². The van der Waals surface area contributed by atoms with Crippen molar-refractivity contribution in [1.82, 2.24) is 0 Å². The highest BCUT2D eigenvalue weighted by Crippen LogP contribution is 2.24. The van der Waals surface area contributed by atoms with Crippen molar-refractivity contribution in [3.05, 3.63) is 65.0 Å². The highest BCUT2D eigenvalue weighted by atomic mass is 19.1. The summed E-state index contributed by atoms with van der Waals surface area (Å²) in [5, 5.41) is 3.41. The van der Waals surface area contributed by atoms with Crippen LogP contribution < -0.4 is 5.32 Å². The third-order valence-electron chi connectivity index (χ3n) is 3.39. The van der Waals surface area contributed by atoms with Crippen molar-refractivity contribution in [2.24, 2.45) is 0 Å². The summed E-state index contributed by atoms with van der Waals surface area (Å²) in [6.45, 7) is 4.34. The molecule has 0 bridgehead atoms. The first kappa shape index (κ1) is 14.5. The summed E-state index contributed by atoms with van der Waals surface area (Å²) in [6.07, 6.45) is 0. The second-order valence-electron chi connectivity index (χ2n) is 4.96. The summed E-state index contributed by atoms with van der Waals surface area (Å²) < 4.78 is 18.8. The van der Waals surface area contributed by atoms with Crippen molar-refractivity contribution < 1.29 is 9.13 Å². The Morgan fingerprint density at radius 2 is 1.95 bits per heavy atom. The van der Waals surface area contributed by atoms with Crippen LogP contribution >= 0.6 is 0 Å². The average molecular weight is 273 g/mol. The van der Waals surface area contributed by atoms with Crippen molar-refractivity contribution in [2.75, 3.05) is 12.4 Å². The highest BCUT2D eigenvalue weighted by molar-refractivity contribution is 5.52. The Morgan fingerprint density at radius 1 is 1.20 bits per heavy atom. The minimum absolute atomic E-state index is 0.0307. The van der Waals surface area contributed by atoms with E-state index in [9.17, 15) is 4.39 Å². The van der Waals surface area contributed by atoms with Crippen molar-refractivity contribution in [3.63, 3.8) is 0 Å². The number of para-hydroxylation sites is 1. The largest absolute Gasteiger partial charge is 0.380 e. The van der Waals surface area contributed by atoms with Crippen molar-refractivity contribution in [2.45, 2.75) is 26.5 Å². The quantitative estimate of drug-likeness (QED) is 0.868. The van der Waals surface area contributed by atoms with E-state index in [-0.39, 0.29) is 11.9 Å². The smallest absolute Gasteiger partial charge is 0.126 e. The molecule has 0 saturated heterocycles. The Labute approximate surface area is 119 Å². The average Bonchev–Trinajstić information content (AvgIpc) is 2.44. The van der Waals surface area contributed by atoms with E-state index in [2.05, 4.69) is 5.32 Å². The molecule has 1 atom stereocenters. The molecule has 0 fully saturated rings. The second kappa shape index (κ2) is 6.53. The van der Waals surface area contributed by atoms with Gasteiger partial charge in [0.25, 0.3) is 0 Å². The number of anilines is 1. The predicted molar refractivity (Wildman–Crippen MR) is 80.3 cm³/mol. The molecule has 0 amide bonds. The molecule has 2 rings (SSSR count). The van der Waals surface area contributed by atoms with Crippen molar-refractivity contribution in [3.8, 4) is 0 Å². The summed E-state index contributed by atoms with van der Waals surface area (Å²) in [7, 11) is 1.68. The molecule has 20 heavy (non-hydrogen) atoms. The molecule has 1 unspecified atom stereocenters. The van der Waals surface area contributed by atoms with E-state index in [0.29, 0.717) is 12.2 Å². The topological polar surface area (TPSA) is 21.3 Å². The summed E-state index contributed by atoms with van der Waals surface area (Å²) in [5.41, 5.74) is 3.71. The number of nitrogens with one attached hydrogen (secondary N) is 1. The monoisotopic (exact) mass is 273 g/mol. The number of benzene rings is 2. The van der Waals surface area contributed by atoms with Gasteiger partial charge in [0.2, 0.25) is 0 Å². The molecule has 0 aliphatic heterocycles. The van der Waals surface area contributed by atoms with Gasteiger partial charge in [-0.15, -0.1) is 0 Å². The lowest BCUT2D eigenvalue weighted by atomic mass is 10.0. The van der Waals surface area contributed by atoms with Gasteiger partial charge in [-0.3, -0.25) is 0 Å². The zero-order valence-electron chi connectivity index (χ0n) is 12.1. The number of ether oxygens (including phenoxy) is 1. The molecule has 3 heteroatoms. The molecule has 0 radical (unpaired) electrons. The van der Waals surface area contributed by atoms with Crippen molar-refractivity contribution >= 4 is 5.69 Å². The first-order chi connectivity index (χ1) is 9.61. The standard InChI is InChI=1S/C17H20FNO/c1-12-8-9-14(10-16(12)18)13(2)19-17-7-5-4-6-15(17)11-20-3/h4-10,13,19H,11H2,1-3H3. The van der Waals surface area contributed by atoms with Gasteiger partial charge >= 0.3 is 0 Å². The molecule has 106 valence electrons. The third kappa shape index (κ3) is 3.36. The van der Waals surface area contributed by atoms with Gasteiger partial charge in [-0.1, -0.05) is 30.3 Å². The Balaban J connectivity index is 2.18. The minimum Gasteiger partial charge on any atom is -0.380 e. The number of halogens is 1. The first-order valence-electron chi connectivity index (χ1n) is 6.71. The molecule has 0 saturated carbocycles. The fourth-order valence-corrected chi connectivity index (χ4v) is 2.14. The maximum absolute atomic E-state index is 13.6. The maximum Gasteiger partial charge on any atom is 0.126 e. The number of aryl methyl sites for hydroxylation is 1. The third-order valence-corrected chi connectivity index (χ3v) is 3.39. The molecule has 0 spiro atoms. The Hall–Kier alpha value is -1.87. The maximum atomic E-state index is 13.6. The molecule has 1 N–H and O–H groups in total. The van der Waals surface area contributed by atoms with Gasteiger partial charge in [0.05, 0.1) is 6.61 Å². The molecular formula is C17H20FNO. The zero-order chi connectivity index (χ0) is 14.5. The van der Waals surface area contributed by atoms with Gasteiger partial charge in [0, 0.05) is 24.4 Å². The number of rotatable bonds is 5. The van der Waals surface area contributed by atoms with Crippen LogP contribution in [0.5, 0.6) is 0 Å². The van der Waals surface area contributed by atoms with Crippen LogP contribution in [-0.2, 0) is 11.3 Å². The van der Waals surface area contributed by atoms with Crippen LogP contribution in [0.3, 0.4) is 0 Å². The molecule has 0 heterocycles. The first-order valence-corrected chi connectivity index (χ1v) is 6.71. The number of hydrogen-bond donors (Lipinski definition) is 1. The second-order valence-corrected chi connectivity index (χ2v) is 4.96. The van der Waals surface area contributed by atoms with E-state index in [1.165, 1.54) is 0 Å². The van der Waals surface area contributed by atoms with Gasteiger partial charge in [-0.25, -0.2) is 4.39 Å². The number of hydrogen-bond acceptors (Lipinski definition) is 2. The lowest BCUT2D eigenvalue weighted by molar-refractivity contribution is 0.185. The van der Waals surface area contributed by atoms with E-state index >= 15 is 0 Å². The van der Waals surface area contributed by atoms with Crippen LogP contribution in [0.4, 0.5) is 10.1 Å². The van der Waals surface area contributed by atoms with Gasteiger partial charge in [-0.2, -0.15) is 0 Å². The molecule has 0 aliphatic carbocycles. The van der Waals surface area contributed by atoms with Crippen molar-refractivity contribution in [1.29, 1.82) is 0 Å². The van der Waals surface area contributed by atoms with E-state index < -0.39 is 0 Å². The van der Waals surface area contributed by atoms with Crippen LogP contribution in [0, 0.1) is 12.7 Å². The Kier molecular flexibility index (Phi) is 4.74. The normalized spacial score (nSPS) is 12.2. The predicted octanol–water partition coefficient (Wildman–Crippen LogP) is 4.45. The molecule has 2 aromatic rings. The van der Waals surface area contributed by atoms with E-state index in [4.69, 9.17) is 4.74 Å². The summed E-state index contributed by atoms with van der Waals surface area (Å²) in [5.74, 6) is -0.165. The van der Waals surface area contributed by atoms with E-state index in [1.54, 1.807) is 20.1 Å². The Bertz CT molecular complexity index is 583. The van der Waals surface area contributed by atoms with Crippen LogP contribution in [0.2, 0.25) is 0 Å². The van der Waals surface area contributed by atoms with Gasteiger partial charge in [0.1, 0.15) is 5.82 Å². The summed E-state index contributed by atoms with van der Waals surface area (Å²) in [6, 6.07) is 13.4. The molecule has 0 aliphatic rings. The molecular weight excluding hydrogens is 253 g/mol. The van der Waals surface area contributed by atoms with Gasteiger partial charge in [0.15, 0.2) is 0 Å². The summed E-state index contributed by atoms with van der Waals surface area (Å²) >= 11 is 0. The fourth-order valence-electron chi connectivity index (χ4n) is 2.14. The van der Waals surface area contributed by atoms with Crippen LogP contribution in [0.1, 0.15) is 29.7 Å². The fraction of sp³-hybridized carbons (Fsp3) is 0.294. The molecule has 0 aromatic heterocycles. The van der Waals surface area contributed by atoms with Crippen LogP contribution in [0.15, 0.2) is 42.5 Å². The highest BCUT2D eigenvalue weighted by Gasteiger charge is 2.09. The minimum atomic E-state index is -0.165. The van der Waals surface area contributed by atoms with Crippen LogP contribution in [-0.4, -0.2) is 7.11 Å². The summed E-state index contributed by atoms with van der Waals surface area (Å²) in [4.78, 5) is 0. The lowest BCUT2D eigenvalue weighted by Crippen LogP contribution is -2.09. The number of methoxy groups -OCH3 is 1. The van der Waals surface area contributed by atoms with Gasteiger partial charge in [-0.05, 0) is 37.1 Å². The van der Waals surface area contributed by atoms with Crippen LogP contribution in [0.25, 0.3) is 0 Å². The van der Waals surface area contributed by atoms with Gasteiger partial charge < -0.3 is 10.1 Å². The molecule has 2 nitrogen and oxygen atoms in total. The zero-order valence-corrected chi connectivity index (χ0v) is 12.1.